The van der Waals surface area contributed by atoms with Crippen LogP contribution in [0.2, 0.25) is 0 Å². The van der Waals surface area contributed by atoms with Crippen LogP contribution in [-0.2, 0) is 0 Å². The second kappa shape index (κ2) is 6.01. The average molecular weight is 314 g/mol. The van der Waals surface area contributed by atoms with Crippen molar-refractivity contribution >= 4 is 22.6 Å². The fourth-order valence-corrected chi connectivity index (χ4v) is 2.27. The lowest BCUT2D eigenvalue weighted by atomic mass is 10.2. The molecule has 8 heteroatoms. The van der Waals surface area contributed by atoms with E-state index in [-0.39, 0.29) is 11.5 Å². The molecule has 0 spiro atoms. The summed E-state index contributed by atoms with van der Waals surface area (Å²) in [5, 5.41) is 3.65. The topological polar surface area (TPSA) is 123 Å². The summed E-state index contributed by atoms with van der Waals surface area (Å²) in [6.45, 7) is 0.947. The summed E-state index contributed by atoms with van der Waals surface area (Å²) in [6, 6.07) is 6.05. The molecule has 0 aliphatic rings. The van der Waals surface area contributed by atoms with Crippen LogP contribution in [-0.4, -0.2) is 33.9 Å². The molecular weight excluding hydrogens is 299 g/mol. The van der Waals surface area contributed by atoms with Gasteiger partial charge in [-0.15, -0.1) is 0 Å². The molecule has 1 aromatic carbocycles. The number of aromatic amines is 1. The Balaban J connectivity index is 2.12. The summed E-state index contributed by atoms with van der Waals surface area (Å²) < 4.78 is 13.3. The second-order valence-electron chi connectivity index (χ2n) is 4.95. The van der Waals surface area contributed by atoms with E-state index in [0.717, 1.165) is 5.52 Å². The van der Waals surface area contributed by atoms with Gasteiger partial charge in [-0.25, -0.2) is 14.4 Å². The molecule has 3 aromatic rings. The lowest BCUT2D eigenvalue weighted by Crippen LogP contribution is -2.18. The number of nitrogens with one attached hydrogen (secondary N) is 2. The molecule has 0 bridgehead atoms. The van der Waals surface area contributed by atoms with Crippen molar-refractivity contribution in [2.75, 3.05) is 18.4 Å². The summed E-state index contributed by atoms with van der Waals surface area (Å²) in [7, 11) is 0. The normalized spacial score (nSPS) is 10.9. The van der Waals surface area contributed by atoms with Crippen LogP contribution in [0, 0.1) is 5.82 Å². The number of carbonyl (C=O) groups is 1. The maximum absolute atomic E-state index is 13.3. The largest absolute Gasteiger partial charge is 0.368 e. The van der Waals surface area contributed by atoms with Gasteiger partial charge in [-0.2, -0.15) is 0 Å². The number of carbonyl (C=O) groups excluding carboxylic acids is 1. The quantitative estimate of drug-likeness (QED) is 0.564. The summed E-state index contributed by atoms with van der Waals surface area (Å²) in [5.41, 5.74) is 12.4. The average Bonchev–Trinajstić information content (AvgIpc) is 2.95. The van der Waals surface area contributed by atoms with Gasteiger partial charge in [0.05, 0.1) is 11.9 Å². The number of rotatable bonds is 5. The zero-order valence-electron chi connectivity index (χ0n) is 12.1. The van der Waals surface area contributed by atoms with Crippen LogP contribution in [0.5, 0.6) is 0 Å². The van der Waals surface area contributed by atoms with Crippen molar-refractivity contribution in [3.05, 3.63) is 42.0 Å². The summed E-state index contributed by atoms with van der Waals surface area (Å²) in [4.78, 5) is 23.1. The number of benzene rings is 1. The third-order valence-electron chi connectivity index (χ3n) is 3.29. The number of anilines is 1. The molecular formula is C15H15FN6O. The van der Waals surface area contributed by atoms with E-state index in [0.29, 0.717) is 35.7 Å². The Bertz CT molecular complexity index is 876. The monoisotopic (exact) mass is 314 g/mol. The van der Waals surface area contributed by atoms with Gasteiger partial charge in [0.15, 0.2) is 5.69 Å². The molecule has 118 valence electrons. The molecule has 0 unspecified atom stereocenters. The van der Waals surface area contributed by atoms with Crippen molar-refractivity contribution in [1.29, 1.82) is 0 Å². The highest BCUT2D eigenvalue weighted by Gasteiger charge is 2.16. The van der Waals surface area contributed by atoms with Gasteiger partial charge in [0.2, 0.25) is 0 Å². The zero-order valence-corrected chi connectivity index (χ0v) is 12.1. The third kappa shape index (κ3) is 2.97. The standard InChI is InChI=1S/C15H15FN6O/c16-9-1-2-10-8(5-9)6-11(21-10)13-14(15(18)23)20-7-12(22-13)19-4-3-17/h1-2,5-7,21H,3-4,17H2,(H2,18,23)(H,19,22). The molecule has 0 fully saturated rings. The minimum Gasteiger partial charge on any atom is -0.368 e. The fraction of sp³-hybridized carbons (Fsp3) is 0.133. The molecule has 0 atom stereocenters. The molecule has 2 aromatic heterocycles. The Hall–Kier alpha value is -3.00. The van der Waals surface area contributed by atoms with Crippen molar-refractivity contribution < 1.29 is 9.18 Å². The number of fused-ring (bicyclic) bond motifs is 1. The highest BCUT2D eigenvalue weighted by atomic mass is 19.1. The molecule has 0 radical (unpaired) electrons. The highest BCUT2D eigenvalue weighted by molar-refractivity contribution is 5.98. The van der Waals surface area contributed by atoms with Gasteiger partial charge in [0, 0.05) is 24.0 Å². The maximum atomic E-state index is 13.3. The minimum absolute atomic E-state index is 0.0373. The van der Waals surface area contributed by atoms with E-state index in [4.69, 9.17) is 11.5 Å². The predicted molar refractivity (Wildman–Crippen MR) is 85.3 cm³/mol. The molecule has 1 amide bonds. The molecule has 2 heterocycles. The fourth-order valence-electron chi connectivity index (χ4n) is 2.27. The Morgan fingerprint density at radius 2 is 2.17 bits per heavy atom. The van der Waals surface area contributed by atoms with E-state index in [2.05, 4.69) is 20.3 Å². The lowest BCUT2D eigenvalue weighted by molar-refractivity contribution is 0.0996. The van der Waals surface area contributed by atoms with Crippen LogP contribution in [0.3, 0.4) is 0 Å². The summed E-state index contributed by atoms with van der Waals surface area (Å²) in [6.07, 6.45) is 1.42. The van der Waals surface area contributed by atoms with Crippen molar-refractivity contribution in [3.8, 4) is 11.4 Å². The Morgan fingerprint density at radius 1 is 1.35 bits per heavy atom. The first-order valence-electron chi connectivity index (χ1n) is 6.98. The minimum atomic E-state index is -0.692. The molecule has 23 heavy (non-hydrogen) atoms. The first-order chi connectivity index (χ1) is 11.1. The smallest absolute Gasteiger partial charge is 0.269 e. The Morgan fingerprint density at radius 3 is 2.91 bits per heavy atom. The van der Waals surface area contributed by atoms with Crippen LogP contribution in [0.25, 0.3) is 22.3 Å². The molecule has 0 aliphatic heterocycles. The lowest BCUT2D eigenvalue weighted by Gasteiger charge is -2.08. The number of hydrogen-bond acceptors (Lipinski definition) is 5. The van der Waals surface area contributed by atoms with Gasteiger partial charge in [-0.05, 0) is 24.3 Å². The Kier molecular flexibility index (Phi) is 3.90. The van der Waals surface area contributed by atoms with Crippen LogP contribution >= 0.6 is 0 Å². The van der Waals surface area contributed by atoms with Crippen LogP contribution < -0.4 is 16.8 Å². The third-order valence-corrected chi connectivity index (χ3v) is 3.29. The molecule has 3 rings (SSSR count). The van der Waals surface area contributed by atoms with Gasteiger partial charge < -0.3 is 21.8 Å². The van der Waals surface area contributed by atoms with Crippen molar-refractivity contribution in [1.82, 2.24) is 15.0 Å². The molecule has 0 aliphatic carbocycles. The van der Waals surface area contributed by atoms with Gasteiger partial charge in [0.25, 0.3) is 5.91 Å². The van der Waals surface area contributed by atoms with E-state index in [1.807, 2.05) is 0 Å². The van der Waals surface area contributed by atoms with Crippen molar-refractivity contribution in [2.45, 2.75) is 0 Å². The van der Waals surface area contributed by atoms with Gasteiger partial charge in [0.1, 0.15) is 17.3 Å². The molecule has 0 saturated carbocycles. The van der Waals surface area contributed by atoms with Gasteiger partial charge >= 0.3 is 0 Å². The van der Waals surface area contributed by atoms with E-state index in [9.17, 15) is 9.18 Å². The van der Waals surface area contributed by atoms with Crippen molar-refractivity contribution in [3.63, 3.8) is 0 Å². The molecule has 6 N–H and O–H groups in total. The van der Waals surface area contributed by atoms with Gasteiger partial charge in [-0.1, -0.05) is 0 Å². The number of halogens is 1. The number of nitrogens with zero attached hydrogens (tertiary/aromatic N) is 2. The van der Waals surface area contributed by atoms with Crippen LogP contribution in [0.1, 0.15) is 10.5 Å². The maximum Gasteiger partial charge on any atom is 0.269 e. The predicted octanol–water partition coefficient (Wildman–Crippen LogP) is 1.23. The van der Waals surface area contributed by atoms with Crippen molar-refractivity contribution in [2.24, 2.45) is 11.5 Å². The second-order valence-corrected chi connectivity index (χ2v) is 4.95. The number of aromatic nitrogens is 3. The van der Waals surface area contributed by atoms with Gasteiger partial charge in [-0.3, -0.25) is 4.79 Å². The number of hydrogen-bond donors (Lipinski definition) is 4. The van der Waals surface area contributed by atoms with E-state index >= 15 is 0 Å². The zero-order chi connectivity index (χ0) is 16.4. The molecule has 0 saturated heterocycles. The first-order valence-corrected chi connectivity index (χ1v) is 6.98. The van der Waals surface area contributed by atoms with Crippen LogP contribution in [0.15, 0.2) is 30.5 Å². The number of nitrogens with two attached hydrogens (primary N) is 2. The number of primary amides is 1. The van der Waals surface area contributed by atoms with E-state index in [1.165, 1.54) is 18.3 Å². The van der Waals surface area contributed by atoms with Crippen LogP contribution in [0.4, 0.5) is 10.2 Å². The first kappa shape index (κ1) is 14.9. The highest BCUT2D eigenvalue weighted by Crippen LogP contribution is 2.26. The Labute approximate surface area is 130 Å². The summed E-state index contributed by atoms with van der Waals surface area (Å²) in [5.74, 6) is -0.564. The molecule has 7 nitrogen and oxygen atoms in total. The van der Waals surface area contributed by atoms with E-state index in [1.54, 1.807) is 12.1 Å². The number of H-pyrrole nitrogens is 1. The van der Waals surface area contributed by atoms with E-state index < -0.39 is 5.91 Å². The number of amides is 1. The SMILES string of the molecule is NCCNc1cnc(C(N)=O)c(-c2cc3cc(F)ccc3[nH]2)n1. The summed E-state index contributed by atoms with van der Waals surface area (Å²) >= 11 is 0.